The normalized spacial score (nSPS) is 18.4. The highest BCUT2D eigenvalue weighted by molar-refractivity contribution is 6.30. The van der Waals surface area contributed by atoms with E-state index in [4.69, 9.17) is 11.6 Å². The Hall–Kier alpha value is -1.81. The van der Waals surface area contributed by atoms with Crippen molar-refractivity contribution >= 4 is 23.4 Å². The lowest BCUT2D eigenvalue weighted by molar-refractivity contribution is -0.138. The Labute approximate surface area is 129 Å². The summed E-state index contributed by atoms with van der Waals surface area (Å²) in [6.45, 7) is 5.01. The molecule has 5 heteroatoms. The molecule has 0 radical (unpaired) electrons. The van der Waals surface area contributed by atoms with Gasteiger partial charge in [-0.1, -0.05) is 29.8 Å². The summed E-state index contributed by atoms with van der Waals surface area (Å²) in [6.07, 6.45) is 2.68. The Balaban J connectivity index is 1.97. The van der Waals surface area contributed by atoms with E-state index >= 15 is 0 Å². The minimum absolute atomic E-state index is 0.0106. The highest BCUT2D eigenvalue weighted by Gasteiger charge is 2.29. The molecule has 1 aliphatic rings. The maximum atomic E-state index is 12.0. The minimum Gasteiger partial charge on any atom is -0.352 e. The summed E-state index contributed by atoms with van der Waals surface area (Å²) in [5.74, 6) is -0.0591. The third-order valence-electron chi connectivity index (χ3n) is 3.58. The standard InChI is InChI=1S/C16H19ClN2O2/c1-2-9-18-16(21)13-5-8-15(20)19(11-13)10-12-3-6-14(17)7-4-12/h2-4,6-7,13H,1,5,8-11H2,(H,18,21)/t13-/m0/s1. The molecule has 1 heterocycles. The second-order valence-electron chi connectivity index (χ2n) is 5.17. The van der Waals surface area contributed by atoms with Crippen LogP contribution >= 0.6 is 11.6 Å². The first kappa shape index (κ1) is 15.6. The molecule has 0 bridgehead atoms. The first-order chi connectivity index (χ1) is 10.1. The number of likely N-dealkylation sites (tertiary alicyclic amines) is 1. The van der Waals surface area contributed by atoms with E-state index in [1.807, 2.05) is 12.1 Å². The van der Waals surface area contributed by atoms with Crippen molar-refractivity contribution in [3.05, 3.63) is 47.5 Å². The summed E-state index contributed by atoms with van der Waals surface area (Å²) >= 11 is 5.85. The third-order valence-corrected chi connectivity index (χ3v) is 3.83. The van der Waals surface area contributed by atoms with Crippen molar-refractivity contribution in [2.45, 2.75) is 19.4 Å². The van der Waals surface area contributed by atoms with Gasteiger partial charge in [-0.15, -0.1) is 6.58 Å². The number of hydrogen-bond acceptors (Lipinski definition) is 2. The van der Waals surface area contributed by atoms with E-state index in [9.17, 15) is 9.59 Å². The number of rotatable bonds is 5. The maximum Gasteiger partial charge on any atom is 0.225 e. The van der Waals surface area contributed by atoms with Crippen LogP contribution in [0.3, 0.4) is 0 Å². The molecule has 112 valence electrons. The molecular formula is C16H19ClN2O2. The molecule has 0 saturated carbocycles. The number of hydrogen-bond donors (Lipinski definition) is 1. The van der Waals surface area contributed by atoms with Crippen LogP contribution in [-0.4, -0.2) is 29.8 Å². The molecule has 2 amide bonds. The summed E-state index contributed by atoms with van der Waals surface area (Å²) in [4.78, 5) is 25.7. The molecule has 21 heavy (non-hydrogen) atoms. The maximum absolute atomic E-state index is 12.0. The van der Waals surface area contributed by atoms with Crippen molar-refractivity contribution in [2.24, 2.45) is 5.92 Å². The molecule has 0 unspecified atom stereocenters. The third kappa shape index (κ3) is 4.33. The first-order valence-electron chi connectivity index (χ1n) is 7.01. The van der Waals surface area contributed by atoms with Gasteiger partial charge in [-0.05, 0) is 24.1 Å². The number of nitrogens with one attached hydrogen (secondary N) is 1. The fraction of sp³-hybridized carbons (Fsp3) is 0.375. The molecule has 1 aromatic rings. The van der Waals surface area contributed by atoms with E-state index in [1.165, 1.54) is 0 Å². The van der Waals surface area contributed by atoms with E-state index in [-0.39, 0.29) is 17.7 Å². The van der Waals surface area contributed by atoms with Gasteiger partial charge in [0.15, 0.2) is 0 Å². The molecule has 0 aliphatic carbocycles. The van der Waals surface area contributed by atoms with E-state index < -0.39 is 0 Å². The van der Waals surface area contributed by atoms with Gasteiger partial charge in [0, 0.05) is 31.1 Å². The second kappa shape index (κ2) is 7.27. The van der Waals surface area contributed by atoms with Gasteiger partial charge >= 0.3 is 0 Å². The Morgan fingerprint density at radius 2 is 2.14 bits per heavy atom. The van der Waals surface area contributed by atoms with Crippen molar-refractivity contribution in [1.29, 1.82) is 0 Å². The number of carbonyl (C=O) groups is 2. The molecule has 1 N–H and O–H groups in total. The van der Waals surface area contributed by atoms with Crippen molar-refractivity contribution in [3.8, 4) is 0 Å². The van der Waals surface area contributed by atoms with Gasteiger partial charge in [0.05, 0.1) is 5.92 Å². The summed E-state index contributed by atoms with van der Waals surface area (Å²) in [5.41, 5.74) is 1.01. The van der Waals surface area contributed by atoms with Gasteiger partial charge in [-0.2, -0.15) is 0 Å². The molecule has 0 spiro atoms. The number of benzene rings is 1. The Morgan fingerprint density at radius 3 is 2.81 bits per heavy atom. The molecule has 4 nitrogen and oxygen atoms in total. The Bertz CT molecular complexity index is 528. The number of amides is 2. The summed E-state index contributed by atoms with van der Waals surface area (Å²) in [5, 5.41) is 3.47. The van der Waals surface area contributed by atoms with E-state index in [1.54, 1.807) is 23.1 Å². The first-order valence-corrected chi connectivity index (χ1v) is 7.38. The van der Waals surface area contributed by atoms with Crippen LogP contribution in [0.25, 0.3) is 0 Å². The highest BCUT2D eigenvalue weighted by Crippen LogP contribution is 2.20. The van der Waals surface area contributed by atoms with Crippen molar-refractivity contribution in [1.82, 2.24) is 10.2 Å². The molecule has 1 aliphatic heterocycles. The van der Waals surface area contributed by atoms with Gasteiger partial charge in [0.1, 0.15) is 0 Å². The molecule has 1 fully saturated rings. The quantitative estimate of drug-likeness (QED) is 0.849. The van der Waals surface area contributed by atoms with Crippen molar-refractivity contribution in [2.75, 3.05) is 13.1 Å². The van der Waals surface area contributed by atoms with Gasteiger partial charge in [0.25, 0.3) is 0 Å². The highest BCUT2D eigenvalue weighted by atomic mass is 35.5. The summed E-state index contributed by atoms with van der Waals surface area (Å²) in [7, 11) is 0. The summed E-state index contributed by atoms with van der Waals surface area (Å²) < 4.78 is 0. The van der Waals surface area contributed by atoms with Gasteiger partial charge < -0.3 is 10.2 Å². The van der Waals surface area contributed by atoms with Crippen LogP contribution < -0.4 is 5.32 Å². The lowest BCUT2D eigenvalue weighted by Gasteiger charge is -2.32. The SMILES string of the molecule is C=CCNC(=O)[C@H]1CCC(=O)N(Cc2ccc(Cl)cc2)C1. The molecule has 1 aromatic carbocycles. The van der Waals surface area contributed by atoms with Gasteiger partial charge in [-0.3, -0.25) is 9.59 Å². The van der Waals surface area contributed by atoms with Crippen molar-refractivity contribution in [3.63, 3.8) is 0 Å². The second-order valence-corrected chi connectivity index (χ2v) is 5.61. The molecular weight excluding hydrogens is 288 g/mol. The molecule has 2 rings (SSSR count). The van der Waals surface area contributed by atoms with E-state index in [0.29, 0.717) is 37.5 Å². The monoisotopic (exact) mass is 306 g/mol. The minimum atomic E-state index is -0.144. The number of nitrogens with zero attached hydrogens (tertiary/aromatic N) is 1. The molecule has 1 atom stereocenters. The largest absolute Gasteiger partial charge is 0.352 e. The van der Waals surface area contributed by atoms with Crippen LogP contribution in [0.4, 0.5) is 0 Å². The van der Waals surface area contributed by atoms with Gasteiger partial charge in [0.2, 0.25) is 11.8 Å². The van der Waals surface area contributed by atoms with Crippen LogP contribution in [0.15, 0.2) is 36.9 Å². The topological polar surface area (TPSA) is 49.4 Å². The number of carbonyl (C=O) groups excluding carboxylic acids is 2. The predicted molar refractivity (Wildman–Crippen MR) is 82.8 cm³/mol. The van der Waals surface area contributed by atoms with Crippen LogP contribution in [-0.2, 0) is 16.1 Å². The fourth-order valence-corrected chi connectivity index (χ4v) is 2.53. The van der Waals surface area contributed by atoms with Crippen LogP contribution in [0, 0.1) is 5.92 Å². The molecule has 0 aromatic heterocycles. The number of halogens is 1. The van der Waals surface area contributed by atoms with Gasteiger partial charge in [-0.25, -0.2) is 0 Å². The average Bonchev–Trinajstić information content (AvgIpc) is 2.49. The van der Waals surface area contributed by atoms with Crippen molar-refractivity contribution < 1.29 is 9.59 Å². The number of piperidine rings is 1. The van der Waals surface area contributed by atoms with Crippen LogP contribution in [0.5, 0.6) is 0 Å². The van der Waals surface area contributed by atoms with E-state index in [0.717, 1.165) is 5.56 Å². The Kier molecular flexibility index (Phi) is 5.39. The average molecular weight is 307 g/mol. The smallest absolute Gasteiger partial charge is 0.225 e. The molecule has 1 saturated heterocycles. The van der Waals surface area contributed by atoms with Crippen LogP contribution in [0.2, 0.25) is 5.02 Å². The zero-order chi connectivity index (χ0) is 15.2. The predicted octanol–water partition coefficient (Wildman–Crippen LogP) is 2.38. The van der Waals surface area contributed by atoms with E-state index in [2.05, 4.69) is 11.9 Å². The lowest BCUT2D eigenvalue weighted by atomic mass is 9.96. The van der Waals surface area contributed by atoms with Crippen LogP contribution in [0.1, 0.15) is 18.4 Å². The summed E-state index contributed by atoms with van der Waals surface area (Å²) in [6, 6.07) is 7.41. The zero-order valence-electron chi connectivity index (χ0n) is 11.8. The lowest BCUT2D eigenvalue weighted by Crippen LogP contribution is -2.45. The zero-order valence-corrected chi connectivity index (χ0v) is 12.6. The fourth-order valence-electron chi connectivity index (χ4n) is 2.41. The Morgan fingerprint density at radius 1 is 1.43 bits per heavy atom.